The molecule has 2 rings (SSSR count). The summed E-state index contributed by atoms with van der Waals surface area (Å²) in [6.45, 7) is 2.97. The van der Waals surface area contributed by atoms with Crippen molar-refractivity contribution in [3.05, 3.63) is 23.3 Å². The second kappa shape index (κ2) is 5.71. The lowest BCUT2D eigenvalue weighted by molar-refractivity contribution is -0.137. The van der Waals surface area contributed by atoms with E-state index in [-0.39, 0.29) is 29.2 Å². The molecule has 124 valence electrons. The molecule has 0 amide bonds. The summed E-state index contributed by atoms with van der Waals surface area (Å²) in [7, 11) is -2.14. The van der Waals surface area contributed by atoms with Crippen LogP contribution in [0.25, 0.3) is 0 Å². The number of rotatable bonds is 2. The molecule has 0 unspecified atom stereocenters. The van der Waals surface area contributed by atoms with Crippen molar-refractivity contribution in [1.29, 1.82) is 0 Å². The number of nitrogens with zero attached hydrogens (tertiary/aromatic N) is 2. The van der Waals surface area contributed by atoms with E-state index in [4.69, 9.17) is 5.73 Å². The van der Waals surface area contributed by atoms with Gasteiger partial charge in [0, 0.05) is 31.9 Å². The van der Waals surface area contributed by atoms with Crippen LogP contribution in [0.1, 0.15) is 11.1 Å². The van der Waals surface area contributed by atoms with Gasteiger partial charge in [0.2, 0.25) is 10.0 Å². The minimum atomic E-state index is -4.64. The predicted molar refractivity (Wildman–Crippen MR) is 76.8 cm³/mol. The third-order valence-electron chi connectivity index (χ3n) is 3.81. The molecular weight excluding hydrogens is 319 g/mol. The fourth-order valence-corrected chi connectivity index (χ4v) is 4.01. The van der Waals surface area contributed by atoms with Gasteiger partial charge in [-0.2, -0.15) is 17.5 Å². The molecule has 1 aromatic rings. The molecular formula is C13H18F3N3O2S. The van der Waals surface area contributed by atoms with Gasteiger partial charge >= 0.3 is 6.18 Å². The number of likely N-dealkylation sites (N-methyl/N-ethyl adjacent to an activating group) is 1. The van der Waals surface area contributed by atoms with Crippen LogP contribution in [0.3, 0.4) is 0 Å². The average Bonchev–Trinajstić information content (AvgIpc) is 2.40. The number of anilines is 1. The summed E-state index contributed by atoms with van der Waals surface area (Å²) in [4.78, 5) is 1.59. The monoisotopic (exact) mass is 337 g/mol. The number of nitrogens with two attached hydrogens (primary N) is 1. The fraction of sp³-hybridized carbons (Fsp3) is 0.538. The molecule has 0 radical (unpaired) electrons. The number of hydrogen-bond donors (Lipinski definition) is 1. The maximum absolute atomic E-state index is 12.9. The SMILES string of the molecule is Cc1c(N)cc(C(F)(F)F)cc1S(=O)(=O)N1CCN(C)CC1. The van der Waals surface area contributed by atoms with E-state index in [1.165, 1.54) is 11.2 Å². The van der Waals surface area contributed by atoms with E-state index in [0.29, 0.717) is 19.2 Å². The van der Waals surface area contributed by atoms with E-state index >= 15 is 0 Å². The van der Waals surface area contributed by atoms with Crippen molar-refractivity contribution in [2.45, 2.75) is 18.0 Å². The third-order valence-corrected chi connectivity index (χ3v) is 5.83. The standard InChI is InChI=1S/C13H18F3N3O2S/c1-9-11(17)7-10(13(14,15)16)8-12(9)22(20,21)19-5-3-18(2)4-6-19/h7-8H,3-6,17H2,1-2H3. The molecule has 9 heteroatoms. The lowest BCUT2D eigenvalue weighted by atomic mass is 10.1. The largest absolute Gasteiger partial charge is 0.416 e. The van der Waals surface area contributed by atoms with Gasteiger partial charge in [-0.05, 0) is 31.7 Å². The molecule has 0 aliphatic carbocycles. The summed E-state index contributed by atoms with van der Waals surface area (Å²) in [6.07, 6.45) is -4.64. The van der Waals surface area contributed by atoms with Gasteiger partial charge in [0.05, 0.1) is 10.5 Å². The van der Waals surface area contributed by atoms with Crippen molar-refractivity contribution < 1.29 is 21.6 Å². The summed E-state index contributed by atoms with van der Waals surface area (Å²) >= 11 is 0. The van der Waals surface area contributed by atoms with Crippen molar-refractivity contribution in [2.75, 3.05) is 39.0 Å². The van der Waals surface area contributed by atoms with Gasteiger partial charge in [-0.1, -0.05) is 0 Å². The fourth-order valence-electron chi connectivity index (χ4n) is 2.31. The minimum absolute atomic E-state index is 0.145. The molecule has 1 aliphatic rings. The Balaban J connectivity index is 2.49. The van der Waals surface area contributed by atoms with Crippen molar-refractivity contribution in [3.8, 4) is 0 Å². The van der Waals surface area contributed by atoms with Crippen LogP contribution in [0, 0.1) is 6.92 Å². The Morgan fingerprint density at radius 1 is 1.14 bits per heavy atom. The Morgan fingerprint density at radius 3 is 2.18 bits per heavy atom. The first-order valence-electron chi connectivity index (χ1n) is 6.69. The first-order chi connectivity index (χ1) is 10.0. The lowest BCUT2D eigenvalue weighted by Gasteiger charge is -2.32. The smallest absolute Gasteiger partial charge is 0.398 e. The van der Waals surface area contributed by atoms with Gasteiger partial charge in [-0.25, -0.2) is 8.42 Å². The number of sulfonamides is 1. The summed E-state index contributed by atoms with van der Waals surface area (Å²) < 4.78 is 65.1. The maximum atomic E-state index is 12.9. The number of nitrogen functional groups attached to an aromatic ring is 1. The molecule has 1 heterocycles. The number of hydrogen-bond acceptors (Lipinski definition) is 4. The molecule has 0 spiro atoms. The third kappa shape index (κ3) is 3.21. The molecule has 1 aromatic carbocycles. The van der Waals surface area contributed by atoms with E-state index in [9.17, 15) is 21.6 Å². The lowest BCUT2D eigenvalue weighted by Crippen LogP contribution is -2.47. The summed E-state index contributed by atoms with van der Waals surface area (Å²) in [5, 5.41) is 0. The molecule has 2 N–H and O–H groups in total. The molecule has 22 heavy (non-hydrogen) atoms. The van der Waals surface area contributed by atoms with E-state index in [2.05, 4.69) is 0 Å². The summed E-state index contributed by atoms with van der Waals surface area (Å²) in [6, 6.07) is 1.43. The highest BCUT2D eigenvalue weighted by Gasteiger charge is 2.35. The quantitative estimate of drug-likeness (QED) is 0.831. The summed E-state index contributed by atoms with van der Waals surface area (Å²) in [5.41, 5.74) is 4.49. The van der Waals surface area contributed by atoms with Crippen molar-refractivity contribution in [1.82, 2.24) is 9.21 Å². The van der Waals surface area contributed by atoms with Crippen LogP contribution in [0.4, 0.5) is 18.9 Å². The number of piperazine rings is 1. The van der Waals surface area contributed by atoms with Gasteiger partial charge in [-0.3, -0.25) is 0 Å². The van der Waals surface area contributed by atoms with Gasteiger partial charge < -0.3 is 10.6 Å². The zero-order chi connectivity index (χ0) is 16.7. The zero-order valence-corrected chi connectivity index (χ0v) is 13.1. The predicted octanol–water partition coefficient (Wildman–Crippen LogP) is 1.53. The second-order valence-corrected chi connectivity index (χ2v) is 7.30. The molecule has 0 bridgehead atoms. The Kier molecular flexibility index (Phi) is 4.42. The van der Waals surface area contributed by atoms with Crippen LogP contribution < -0.4 is 5.73 Å². The van der Waals surface area contributed by atoms with E-state index in [1.54, 1.807) is 0 Å². The molecule has 0 aromatic heterocycles. The van der Waals surface area contributed by atoms with Crippen molar-refractivity contribution in [3.63, 3.8) is 0 Å². The molecule has 1 aliphatic heterocycles. The highest BCUT2D eigenvalue weighted by atomic mass is 32.2. The Morgan fingerprint density at radius 2 is 1.68 bits per heavy atom. The van der Waals surface area contributed by atoms with Gasteiger partial charge in [0.1, 0.15) is 0 Å². The van der Waals surface area contributed by atoms with E-state index in [1.807, 2.05) is 11.9 Å². The van der Waals surface area contributed by atoms with Crippen molar-refractivity contribution >= 4 is 15.7 Å². The number of halogens is 3. The van der Waals surface area contributed by atoms with Crippen LogP contribution in [-0.4, -0.2) is 50.8 Å². The minimum Gasteiger partial charge on any atom is -0.398 e. The topological polar surface area (TPSA) is 66.6 Å². The van der Waals surface area contributed by atoms with Crippen LogP contribution in [0.2, 0.25) is 0 Å². The highest BCUT2D eigenvalue weighted by Crippen LogP contribution is 2.35. The van der Waals surface area contributed by atoms with Gasteiger partial charge in [0.15, 0.2) is 0 Å². The second-order valence-electron chi connectivity index (χ2n) is 5.39. The Labute approximate surface area is 127 Å². The first-order valence-corrected chi connectivity index (χ1v) is 8.13. The van der Waals surface area contributed by atoms with Gasteiger partial charge in [0.25, 0.3) is 0 Å². The molecule has 0 saturated carbocycles. The molecule has 1 fully saturated rings. The number of alkyl halides is 3. The number of benzene rings is 1. The Hall–Kier alpha value is -1.32. The van der Waals surface area contributed by atoms with Crippen LogP contribution in [0.5, 0.6) is 0 Å². The van der Waals surface area contributed by atoms with E-state index < -0.39 is 21.8 Å². The normalized spacial score (nSPS) is 18.6. The van der Waals surface area contributed by atoms with Crippen LogP contribution >= 0.6 is 0 Å². The van der Waals surface area contributed by atoms with Crippen LogP contribution in [0.15, 0.2) is 17.0 Å². The molecule has 0 atom stereocenters. The van der Waals surface area contributed by atoms with Gasteiger partial charge in [-0.15, -0.1) is 0 Å². The first kappa shape index (κ1) is 17.0. The van der Waals surface area contributed by atoms with Crippen molar-refractivity contribution in [2.24, 2.45) is 0 Å². The maximum Gasteiger partial charge on any atom is 0.416 e. The Bertz CT molecular complexity index is 666. The average molecular weight is 337 g/mol. The summed E-state index contributed by atoms with van der Waals surface area (Å²) in [5.74, 6) is 0. The van der Waals surface area contributed by atoms with Crippen LogP contribution in [-0.2, 0) is 16.2 Å². The molecule has 1 saturated heterocycles. The van der Waals surface area contributed by atoms with E-state index in [0.717, 1.165) is 6.07 Å². The molecule has 5 nitrogen and oxygen atoms in total. The zero-order valence-electron chi connectivity index (χ0n) is 12.3. The highest BCUT2D eigenvalue weighted by molar-refractivity contribution is 7.89.